The van der Waals surface area contributed by atoms with E-state index in [9.17, 15) is 5.11 Å². The first-order valence-electron chi connectivity index (χ1n) is 6.26. The highest BCUT2D eigenvalue weighted by Crippen LogP contribution is 2.19. The molecule has 2 N–H and O–H groups in total. The van der Waals surface area contributed by atoms with Gasteiger partial charge in [0.1, 0.15) is 5.01 Å². The molecule has 2 unspecified atom stereocenters. The van der Waals surface area contributed by atoms with Gasteiger partial charge in [-0.3, -0.25) is 0 Å². The zero-order valence-corrected chi connectivity index (χ0v) is 12.0. The van der Waals surface area contributed by atoms with Crippen LogP contribution in [0.4, 0.5) is 0 Å². The molecular weight excluding hydrogens is 232 g/mol. The van der Waals surface area contributed by atoms with Crippen molar-refractivity contribution >= 4 is 11.3 Å². The van der Waals surface area contributed by atoms with Crippen molar-refractivity contribution in [2.45, 2.75) is 52.2 Å². The summed E-state index contributed by atoms with van der Waals surface area (Å²) in [4.78, 5) is 4.27. The van der Waals surface area contributed by atoms with Crippen LogP contribution in [0.5, 0.6) is 0 Å². The van der Waals surface area contributed by atoms with Crippen molar-refractivity contribution in [1.29, 1.82) is 0 Å². The van der Waals surface area contributed by atoms with Crippen LogP contribution in [0.15, 0.2) is 11.6 Å². The third-order valence-corrected chi connectivity index (χ3v) is 3.83. The number of nitrogens with one attached hydrogen (secondary N) is 1. The Morgan fingerprint density at radius 1 is 1.47 bits per heavy atom. The molecule has 1 aromatic heterocycles. The molecule has 98 valence electrons. The minimum Gasteiger partial charge on any atom is -0.389 e. The maximum atomic E-state index is 10.2. The van der Waals surface area contributed by atoms with Gasteiger partial charge in [0.15, 0.2) is 0 Å². The van der Waals surface area contributed by atoms with Crippen molar-refractivity contribution in [1.82, 2.24) is 10.3 Å². The van der Waals surface area contributed by atoms with Crippen LogP contribution >= 0.6 is 11.3 Å². The first kappa shape index (κ1) is 14.6. The highest BCUT2D eigenvalue weighted by molar-refractivity contribution is 7.09. The Kier molecular flexibility index (Phi) is 5.56. The third kappa shape index (κ3) is 5.61. The summed E-state index contributed by atoms with van der Waals surface area (Å²) in [5, 5.41) is 16.6. The zero-order valence-electron chi connectivity index (χ0n) is 11.2. The van der Waals surface area contributed by atoms with Gasteiger partial charge in [-0.15, -0.1) is 11.3 Å². The Morgan fingerprint density at radius 2 is 2.18 bits per heavy atom. The Balaban J connectivity index is 2.33. The van der Waals surface area contributed by atoms with E-state index in [1.165, 1.54) is 0 Å². The van der Waals surface area contributed by atoms with Crippen LogP contribution in [0.25, 0.3) is 0 Å². The van der Waals surface area contributed by atoms with E-state index in [2.05, 4.69) is 31.1 Å². The molecule has 0 saturated heterocycles. The van der Waals surface area contributed by atoms with Gasteiger partial charge in [-0.2, -0.15) is 0 Å². The molecule has 4 heteroatoms. The fourth-order valence-electron chi connectivity index (χ4n) is 1.60. The molecule has 0 aromatic carbocycles. The van der Waals surface area contributed by atoms with Crippen LogP contribution in [0, 0.1) is 5.92 Å². The lowest BCUT2D eigenvalue weighted by molar-refractivity contribution is 0.0430. The van der Waals surface area contributed by atoms with E-state index in [0.29, 0.717) is 12.5 Å². The minimum atomic E-state index is -0.629. The second-order valence-electron chi connectivity index (χ2n) is 5.40. The van der Waals surface area contributed by atoms with Gasteiger partial charge in [0, 0.05) is 18.1 Å². The van der Waals surface area contributed by atoms with Gasteiger partial charge in [0.05, 0.1) is 11.6 Å². The molecule has 0 aliphatic rings. The molecule has 2 atom stereocenters. The molecular formula is C13H24N2OS. The molecule has 0 aliphatic carbocycles. The van der Waals surface area contributed by atoms with Gasteiger partial charge in [-0.1, -0.05) is 13.8 Å². The van der Waals surface area contributed by atoms with Crippen LogP contribution in [0.3, 0.4) is 0 Å². The van der Waals surface area contributed by atoms with E-state index >= 15 is 0 Å². The summed E-state index contributed by atoms with van der Waals surface area (Å²) < 4.78 is 0. The Morgan fingerprint density at radius 3 is 2.71 bits per heavy atom. The van der Waals surface area contributed by atoms with Crippen molar-refractivity contribution in [3.8, 4) is 0 Å². The van der Waals surface area contributed by atoms with Crippen LogP contribution in [0.2, 0.25) is 0 Å². The van der Waals surface area contributed by atoms with Gasteiger partial charge in [0.25, 0.3) is 0 Å². The maximum absolute atomic E-state index is 10.2. The highest BCUT2D eigenvalue weighted by Gasteiger charge is 2.21. The van der Waals surface area contributed by atoms with Crippen molar-refractivity contribution in [3.05, 3.63) is 16.6 Å². The molecule has 17 heavy (non-hydrogen) atoms. The molecule has 0 bridgehead atoms. The molecule has 1 heterocycles. The summed E-state index contributed by atoms with van der Waals surface area (Å²) in [6.07, 6.45) is 3.71. The summed E-state index contributed by atoms with van der Waals surface area (Å²) in [6, 6.07) is 0.209. The van der Waals surface area contributed by atoms with E-state index in [4.69, 9.17) is 0 Å². The second kappa shape index (κ2) is 6.47. The van der Waals surface area contributed by atoms with E-state index in [0.717, 1.165) is 17.8 Å². The lowest BCUT2D eigenvalue weighted by atomic mass is 9.95. The normalized spacial score (nSPS) is 17.1. The quantitative estimate of drug-likeness (QED) is 0.788. The molecule has 3 nitrogen and oxygen atoms in total. The average Bonchev–Trinajstić information content (AvgIpc) is 2.77. The van der Waals surface area contributed by atoms with E-state index < -0.39 is 5.60 Å². The number of hydrogen-bond donors (Lipinski definition) is 2. The second-order valence-corrected chi connectivity index (χ2v) is 6.33. The maximum Gasteiger partial charge on any atom is 0.109 e. The molecule has 0 radical (unpaired) electrons. The highest BCUT2D eigenvalue weighted by atomic mass is 32.1. The molecule has 0 amide bonds. The summed E-state index contributed by atoms with van der Waals surface area (Å²) in [5.41, 5.74) is -0.629. The predicted molar refractivity (Wildman–Crippen MR) is 73.2 cm³/mol. The summed E-state index contributed by atoms with van der Waals surface area (Å²) in [7, 11) is 0. The number of nitrogens with zero attached hydrogens (tertiary/aromatic N) is 1. The summed E-state index contributed by atoms with van der Waals surface area (Å²) in [6.45, 7) is 8.96. The van der Waals surface area contributed by atoms with Crippen LogP contribution in [0.1, 0.15) is 51.6 Å². The van der Waals surface area contributed by atoms with Crippen LogP contribution in [-0.2, 0) is 0 Å². The molecule has 0 spiro atoms. The van der Waals surface area contributed by atoms with Crippen molar-refractivity contribution < 1.29 is 5.11 Å². The van der Waals surface area contributed by atoms with Crippen LogP contribution in [-0.4, -0.2) is 22.2 Å². The largest absolute Gasteiger partial charge is 0.389 e. The lowest BCUT2D eigenvalue weighted by Gasteiger charge is -2.26. The number of thiazole rings is 1. The Labute approximate surface area is 108 Å². The Bertz CT molecular complexity index is 309. The Hall–Kier alpha value is -0.450. The van der Waals surface area contributed by atoms with Gasteiger partial charge in [-0.05, 0) is 32.6 Å². The predicted octanol–water partition coefficient (Wildman–Crippen LogP) is 2.98. The smallest absolute Gasteiger partial charge is 0.109 e. The summed E-state index contributed by atoms with van der Waals surface area (Å²) >= 11 is 1.64. The minimum absolute atomic E-state index is 0.209. The number of aliphatic hydroxyl groups is 1. The molecule has 0 saturated carbocycles. The zero-order chi connectivity index (χ0) is 12.9. The number of aromatic nitrogens is 1. The van der Waals surface area contributed by atoms with E-state index in [-0.39, 0.29) is 6.04 Å². The standard InChI is InChI=1S/C13H24N2OS/c1-10(2)5-6-13(4,16)9-15-11(3)12-14-7-8-17-12/h7-8,10-11,15-16H,5-6,9H2,1-4H3. The topological polar surface area (TPSA) is 45.1 Å². The van der Waals surface area contributed by atoms with Gasteiger partial charge >= 0.3 is 0 Å². The fourth-order valence-corrected chi connectivity index (χ4v) is 2.27. The molecule has 1 aromatic rings. The molecule has 0 fully saturated rings. The molecule has 0 aliphatic heterocycles. The van der Waals surface area contributed by atoms with Crippen LogP contribution < -0.4 is 5.32 Å². The van der Waals surface area contributed by atoms with Gasteiger partial charge in [-0.25, -0.2) is 4.98 Å². The van der Waals surface area contributed by atoms with Gasteiger partial charge < -0.3 is 10.4 Å². The van der Waals surface area contributed by atoms with E-state index in [1.807, 2.05) is 18.5 Å². The number of rotatable bonds is 7. The van der Waals surface area contributed by atoms with Crippen molar-refractivity contribution in [3.63, 3.8) is 0 Å². The van der Waals surface area contributed by atoms with Gasteiger partial charge in [0.2, 0.25) is 0 Å². The molecule has 1 rings (SSSR count). The van der Waals surface area contributed by atoms with Crippen molar-refractivity contribution in [2.24, 2.45) is 5.92 Å². The first-order valence-corrected chi connectivity index (χ1v) is 7.14. The van der Waals surface area contributed by atoms with E-state index in [1.54, 1.807) is 11.3 Å². The lowest BCUT2D eigenvalue weighted by Crippen LogP contribution is -2.39. The monoisotopic (exact) mass is 256 g/mol. The summed E-state index contributed by atoms with van der Waals surface area (Å²) in [5.74, 6) is 0.637. The average molecular weight is 256 g/mol. The first-order chi connectivity index (χ1) is 7.91. The number of hydrogen-bond acceptors (Lipinski definition) is 4. The van der Waals surface area contributed by atoms with Crippen molar-refractivity contribution in [2.75, 3.05) is 6.54 Å². The SMILES string of the molecule is CC(C)CCC(C)(O)CNC(C)c1nccs1. The third-order valence-electron chi connectivity index (χ3n) is 2.87. The fraction of sp³-hybridized carbons (Fsp3) is 0.769.